The number of amidine groups is 1. The maximum Gasteiger partial charge on any atom is 0.339 e. The third-order valence-electron chi connectivity index (χ3n) is 1.94. The molecule has 0 spiro atoms. The molecule has 0 fully saturated rings. The lowest BCUT2D eigenvalue weighted by atomic mass is 10.1. The van der Waals surface area contributed by atoms with E-state index >= 15 is 0 Å². The van der Waals surface area contributed by atoms with Gasteiger partial charge >= 0.3 is 5.97 Å². The van der Waals surface area contributed by atoms with Gasteiger partial charge in [0, 0.05) is 5.56 Å². The molecule has 0 aliphatic carbocycles. The number of carboxylic acid groups (broad SMARTS) is 1. The third kappa shape index (κ3) is 3.77. The molecule has 96 valence electrons. The summed E-state index contributed by atoms with van der Waals surface area (Å²) in [5, 5.41) is 26.2. The van der Waals surface area contributed by atoms with Crippen molar-refractivity contribution in [1.82, 2.24) is 0 Å². The maximum atomic E-state index is 10.8. The number of thioether (sulfide) groups is 1. The Morgan fingerprint density at radius 1 is 1.56 bits per heavy atom. The fraction of sp³-hybridized carbons (Fsp3) is 0.182. The molecule has 0 heterocycles. The zero-order valence-electron chi connectivity index (χ0n) is 9.70. The number of rotatable bonds is 4. The predicted molar refractivity (Wildman–Crippen MR) is 72.4 cm³/mol. The van der Waals surface area contributed by atoms with Gasteiger partial charge in [0.1, 0.15) is 11.3 Å². The van der Waals surface area contributed by atoms with Crippen molar-refractivity contribution in [1.29, 1.82) is 0 Å². The second-order valence-electron chi connectivity index (χ2n) is 3.16. The topological polar surface area (TPSA) is 108 Å². The van der Waals surface area contributed by atoms with Crippen LogP contribution in [-0.2, 0) is 0 Å². The summed E-state index contributed by atoms with van der Waals surface area (Å²) in [7, 11) is 0. The van der Waals surface area contributed by atoms with E-state index in [0.29, 0.717) is 5.17 Å². The molecule has 0 aliphatic rings. The molecule has 1 rings (SSSR count). The van der Waals surface area contributed by atoms with E-state index in [4.69, 9.17) is 10.8 Å². The molecule has 1 aromatic carbocycles. The van der Waals surface area contributed by atoms with E-state index in [0.717, 1.165) is 5.75 Å². The first-order chi connectivity index (χ1) is 8.56. The first kappa shape index (κ1) is 14.0. The Bertz CT molecular complexity index is 500. The highest BCUT2D eigenvalue weighted by Gasteiger charge is 2.11. The monoisotopic (exact) mass is 267 g/mol. The molecular formula is C11H13N3O3S. The van der Waals surface area contributed by atoms with E-state index in [2.05, 4.69) is 10.2 Å². The van der Waals surface area contributed by atoms with Crippen LogP contribution in [0.1, 0.15) is 22.8 Å². The van der Waals surface area contributed by atoms with Crippen LogP contribution in [0.4, 0.5) is 0 Å². The number of aromatic hydroxyl groups is 1. The summed E-state index contributed by atoms with van der Waals surface area (Å²) in [6.07, 6.45) is 1.25. The summed E-state index contributed by atoms with van der Waals surface area (Å²) in [6, 6.07) is 4.35. The molecule has 0 aliphatic heterocycles. The lowest BCUT2D eigenvalue weighted by Crippen LogP contribution is -2.05. The molecular weight excluding hydrogens is 254 g/mol. The Kier molecular flexibility index (Phi) is 5.19. The number of carboxylic acids is 1. The fourth-order valence-electron chi connectivity index (χ4n) is 1.16. The van der Waals surface area contributed by atoms with Crippen molar-refractivity contribution in [3.05, 3.63) is 29.3 Å². The first-order valence-corrected chi connectivity index (χ1v) is 6.09. The van der Waals surface area contributed by atoms with Gasteiger partial charge in [0.05, 0.1) is 6.21 Å². The van der Waals surface area contributed by atoms with Crippen LogP contribution in [0.2, 0.25) is 0 Å². The summed E-state index contributed by atoms with van der Waals surface area (Å²) in [5.74, 6) is -0.761. The minimum absolute atomic E-state index is 0.182. The molecule has 0 atom stereocenters. The van der Waals surface area contributed by atoms with Gasteiger partial charge in [-0.05, 0) is 17.9 Å². The minimum Gasteiger partial charge on any atom is -0.506 e. The average Bonchev–Trinajstić information content (AvgIpc) is 2.31. The summed E-state index contributed by atoms with van der Waals surface area (Å²) in [6.45, 7) is 1.93. The van der Waals surface area contributed by atoms with Crippen LogP contribution >= 0.6 is 11.8 Å². The van der Waals surface area contributed by atoms with Crippen molar-refractivity contribution in [3.8, 4) is 5.75 Å². The van der Waals surface area contributed by atoms with Crippen LogP contribution < -0.4 is 5.73 Å². The summed E-state index contributed by atoms with van der Waals surface area (Å²) < 4.78 is 0. The van der Waals surface area contributed by atoms with E-state index in [9.17, 15) is 9.90 Å². The lowest BCUT2D eigenvalue weighted by molar-refractivity contribution is 0.0693. The smallest absolute Gasteiger partial charge is 0.339 e. The van der Waals surface area contributed by atoms with Crippen molar-refractivity contribution < 1.29 is 15.0 Å². The molecule has 0 saturated carbocycles. The van der Waals surface area contributed by atoms with E-state index < -0.39 is 5.97 Å². The molecule has 0 unspecified atom stereocenters. The molecule has 1 aromatic rings. The van der Waals surface area contributed by atoms with Crippen LogP contribution in [0.25, 0.3) is 0 Å². The van der Waals surface area contributed by atoms with E-state index in [-0.39, 0.29) is 16.9 Å². The van der Waals surface area contributed by atoms with Crippen LogP contribution in [0.15, 0.2) is 28.4 Å². The van der Waals surface area contributed by atoms with Gasteiger partial charge < -0.3 is 15.9 Å². The molecule has 18 heavy (non-hydrogen) atoms. The second kappa shape index (κ2) is 6.65. The quantitative estimate of drug-likeness (QED) is 0.435. The van der Waals surface area contributed by atoms with Gasteiger partial charge in [0.15, 0.2) is 5.17 Å². The van der Waals surface area contributed by atoms with Crippen molar-refractivity contribution in [2.24, 2.45) is 15.9 Å². The van der Waals surface area contributed by atoms with Crippen LogP contribution in [0, 0.1) is 0 Å². The Labute approximate surface area is 108 Å². The standard InChI is InChI=1S/C11H13N3O3S/c1-2-18-11(12)14-13-6-7-4-3-5-8(9(7)15)10(16)17/h3-6,15H,2H2,1H3,(H2,12,14)(H,16,17). The van der Waals surface area contributed by atoms with E-state index in [1.165, 1.54) is 36.2 Å². The van der Waals surface area contributed by atoms with E-state index in [1.807, 2.05) is 6.92 Å². The molecule has 7 heteroatoms. The number of hydrogen-bond acceptors (Lipinski definition) is 5. The number of carbonyl (C=O) groups is 1. The minimum atomic E-state index is -1.20. The Morgan fingerprint density at radius 2 is 2.28 bits per heavy atom. The number of benzene rings is 1. The molecule has 0 amide bonds. The van der Waals surface area contributed by atoms with Crippen LogP contribution in [0.5, 0.6) is 5.75 Å². The maximum absolute atomic E-state index is 10.8. The van der Waals surface area contributed by atoms with Crippen molar-refractivity contribution >= 4 is 29.1 Å². The van der Waals surface area contributed by atoms with E-state index in [1.54, 1.807) is 0 Å². The van der Waals surface area contributed by atoms with Crippen molar-refractivity contribution in [3.63, 3.8) is 0 Å². The average molecular weight is 267 g/mol. The zero-order valence-corrected chi connectivity index (χ0v) is 10.5. The highest BCUT2D eigenvalue weighted by Crippen LogP contribution is 2.20. The fourth-order valence-corrected chi connectivity index (χ4v) is 1.56. The largest absolute Gasteiger partial charge is 0.506 e. The van der Waals surface area contributed by atoms with Crippen LogP contribution in [0.3, 0.4) is 0 Å². The molecule has 0 radical (unpaired) electrons. The number of hydrogen-bond donors (Lipinski definition) is 3. The Balaban J connectivity index is 2.92. The summed E-state index contributed by atoms with van der Waals surface area (Å²) in [5.41, 5.74) is 5.60. The second-order valence-corrected chi connectivity index (χ2v) is 4.45. The van der Waals surface area contributed by atoms with Crippen molar-refractivity contribution in [2.45, 2.75) is 6.92 Å². The Morgan fingerprint density at radius 3 is 2.89 bits per heavy atom. The Hall–Kier alpha value is -2.02. The first-order valence-electron chi connectivity index (χ1n) is 5.10. The number of phenols is 1. The van der Waals surface area contributed by atoms with Gasteiger partial charge in [-0.1, -0.05) is 24.8 Å². The van der Waals surface area contributed by atoms with Crippen molar-refractivity contribution in [2.75, 3.05) is 5.75 Å². The number of nitrogens with zero attached hydrogens (tertiary/aromatic N) is 2. The SMILES string of the molecule is CCSC(N)=NN=Cc1cccc(C(=O)O)c1O. The van der Waals surface area contributed by atoms with Gasteiger partial charge in [0.25, 0.3) is 0 Å². The highest BCUT2D eigenvalue weighted by molar-refractivity contribution is 8.13. The normalized spacial score (nSPS) is 11.9. The number of para-hydroxylation sites is 1. The number of aromatic carboxylic acids is 1. The van der Waals surface area contributed by atoms with Gasteiger partial charge in [0.2, 0.25) is 0 Å². The molecule has 0 saturated heterocycles. The zero-order chi connectivity index (χ0) is 13.5. The predicted octanol–water partition coefficient (Wildman–Crippen LogP) is 1.49. The molecule has 4 N–H and O–H groups in total. The number of nitrogens with two attached hydrogens (primary N) is 1. The lowest BCUT2D eigenvalue weighted by Gasteiger charge is -2.01. The molecule has 0 aromatic heterocycles. The summed E-state index contributed by atoms with van der Waals surface area (Å²) >= 11 is 1.34. The van der Waals surface area contributed by atoms with Gasteiger partial charge in [-0.15, -0.1) is 5.10 Å². The molecule has 6 nitrogen and oxygen atoms in total. The van der Waals surface area contributed by atoms with Crippen LogP contribution in [-0.4, -0.2) is 33.3 Å². The van der Waals surface area contributed by atoms with Gasteiger partial charge in [-0.3, -0.25) is 0 Å². The highest BCUT2D eigenvalue weighted by atomic mass is 32.2. The van der Waals surface area contributed by atoms with Gasteiger partial charge in [-0.2, -0.15) is 5.10 Å². The molecule has 0 bridgehead atoms. The third-order valence-corrected chi connectivity index (χ3v) is 2.61. The summed E-state index contributed by atoms with van der Waals surface area (Å²) in [4.78, 5) is 10.8. The van der Waals surface area contributed by atoms with Gasteiger partial charge in [-0.25, -0.2) is 4.79 Å².